The molecule has 1 aromatic heterocycles. The predicted molar refractivity (Wildman–Crippen MR) is 178 cm³/mol. The van der Waals surface area contributed by atoms with Crippen molar-refractivity contribution in [2.45, 2.75) is 78.4 Å². The fourth-order valence-electron chi connectivity index (χ4n) is 6.18. The number of benzene rings is 2. The highest BCUT2D eigenvalue weighted by Crippen LogP contribution is 2.43. The third kappa shape index (κ3) is 9.20. The lowest BCUT2D eigenvalue weighted by Gasteiger charge is -2.43. The number of ether oxygens (including phenoxy) is 1. The van der Waals surface area contributed by atoms with Gasteiger partial charge in [0.1, 0.15) is 35.3 Å². The summed E-state index contributed by atoms with van der Waals surface area (Å²) in [6.45, 7) is 9.50. The van der Waals surface area contributed by atoms with Crippen molar-refractivity contribution in [1.82, 2.24) is 24.7 Å². The molecule has 49 heavy (non-hydrogen) atoms. The molecule has 2 aromatic carbocycles. The van der Waals surface area contributed by atoms with Gasteiger partial charge in [-0.25, -0.2) is 22.9 Å². The molecule has 4 rings (SSSR count). The first-order valence-electron chi connectivity index (χ1n) is 16.3. The molecule has 0 bridgehead atoms. The van der Waals surface area contributed by atoms with Crippen LogP contribution in [0.5, 0.6) is 0 Å². The van der Waals surface area contributed by atoms with Gasteiger partial charge in [0.2, 0.25) is 5.91 Å². The lowest BCUT2D eigenvalue weighted by atomic mass is 9.78. The van der Waals surface area contributed by atoms with Gasteiger partial charge in [-0.2, -0.15) is 0 Å². The number of rotatable bonds is 11. The Morgan fingerprint density at radius 3 is 2.37 bits per heavy atom. The second-order valence-corrected chi connectivity index (χ2v) is 14.3. The van der Waals surface area contributed by atoms with Gasteiger partial charge in [0.05, 0.1) is 18.3 Å². The molecule has 0 spiro atoms. The Kier molecular flexibility index (Phi) is 11.5. The number of aliphatic hydroxyl groups excluding tert-OH is 1. The van der Waals surface area contributed by atoms with Crippen molar-refractivity contribution in [1.29, 1.82) is 0 Å². The molecule has 2 N–H and O–H groups in total. The minimum absolute atomic E-state index is 0.0690. The fraction of sp³-hybridized carbons (Fsp3) is 0.500. The third-order valence-electron chi connectivity index (χ3n) is 8.48. The number of halogens is 3. The number of nitrogens with one attached hydrogen (secondary N) is 1. The molecule has 4 atom stereocenters. The van der Waals surface area contributed by atoms with E-state index in [1.165, 1.54) is 23.8 Å². The maximum absolute atomic E-state index is 15.7. The summed E-state index contributed by atoms with van der Waals surface area (Å²) in [7, 11) is 1.48. The number of alkyl halides is 1. The van der Waals surface area contributed by atoms with Gasteiger partial charge in [-0.05, 0) is 51.5 Å². The summed E-state index contributed by atoms with van der Waals surface area (Å²) in [5, 5.41) is 13.3. The number of aliphatic hydroxyl groups is 1. The molecular weight excluding hydrogens is 639 g/mol. The molecule has 0 saturated carbocycles. The van der Waals surface area contributed by atoms with Gasteiger partial charge in [0.15, 0.2) is 0 Å². The van der Waals surface area contributed by atoms with Crippen molar-refractivity contribution in [2.75, 3.05) is 26.7 Å². The molecule has 10 nitrogen and oxygen atoms in total. The molecule has 1 aliphatic rings. The lowest BCUT2D eigenvalue weighted by Crippen LogP contribution is -2.50. The maximum Gasteiger partial charge on any atom is 0.410 e. The first-order chi connectivity index (χ1) is 22.9. The molecule has 1 aliphatic heterocycles. The Hall–Kier alpha value is -4.39. The van der Waals surface area contributed by atoms with Crippen LogP contribution in [-0.4, -0.2) is 86.9 Å². The normalized spacial score (nSPS) is 17.8. The summed E-state index contributed by atoms with van der Waals surface area (Å²) < 4.78 is 52.4. The number of carbonyl (C=O) groups is 3. The predicted octanol–water partition coefficient (Wildman–Crippen LogP) is 5.49. The average Bonchev–Trinajstić information content (AvgIpc) is 3.59. The molecule has 2 heterocycles. The SMILES string of the molecule is CNC(=O)CC(C)(C)[C@H](c1nc(-c2cc(F)ccc2F)cn1Cc1ccccc1)N(C[C@@H]1CN(C(=O)OC(C)(C)C)C[C@@H]1F)C(=O)[C@H](C)O. The van der Waals surface area contributed by atoms with Gasteiger partial charge in [0.25, 0.3) is 5.91 Å². The van der Waals surface area contributed by atoms with E-state index in [0.29, 0.717) is 0 Å². The van der Waals surface area contributed by atoms with Crippen LogP contribution in [0.25, 0.3) is 11.3 Å². The fourth-order valence-corrected chi connectivity index (χ4v) is 6.18. The van der Waals surface area contributed by atoms with E-state index in [1.807, 2.05) is 30.3 Å². The molecule has 0 aliphatic carbocycles. The van der Waals surface area contributed by atoms with Gasteiger partial charge >= 0.3 is 6.09 Å². The second kappa shape index (κ2) is 15.0. The molecular formula is C36H46F3N5O5. The van der Waals surface area contributed by atoms with E-state index in [1.54, 1.807) is 45.4 Å². The van der Waals surface area contributed by atoms with Crippen LogP contribution in [0.15, 0.2) is 54.7 Å². The first kappa shape index (κ1) is 37.4. The zero-order valence-corrected chi connectivity index (χ0v) is 29.0. The molecule has 3 aromatic rings. The molecule has 0 unspecified atom stereocenters. The monoisotopic (exact) mass is 685 g/mol. The number of imidazole rings is 1. The van der Waals surface area contributed by atoms with E-state index in [0.717, 1.165) is 23.8 Å². The van der Waals surface area contributed by atoms with E-state index >= 15 is 8.78 Å². The summed E-state index contributed by atoms with van der Waals surface area (Å²) >= 11 is 0. The highest BCUT2D eigenvalue weighted by molar-refractivity contribution is 5.81. The molecule has 0 radical (unpaired) electrons. The number of hydrogen-bond donors (Lipinski definition) is 2. The summed E-state index contributed by atoms with van der Waals surface area (Å²) in [5.74, 6) is -3.18. The van der Waals surface area contributed by atoms with Crippen molar-refractivity contribution in [2.24, 2.45) is 11.3 Å². The van der Waals surface area contributed by atoms with Crippen LogP contribution >= 0.6 is 0 Å². The average molecular weight is 686 g/mol. The van der Waals surface area contributed by atoms with E-state index in [-0.39, 0.29) is 55.6 Å². The van der Waals surface area contributed by atoms with E-state index in [4.69, 9.17) is 9.72 Å². The Balaban J connectivity index is 1.89. The second-order valence-electron chi connectivity index (χ2n) is 14.3. The topological polar surface area (TPSA) is 117 Å². The van der Waals surface area contributed by atoms with Gasteiger partial charge in [-0.3, -0.25) is 9.59 Å². The van der Waals surface area contributed by atoms with Crippen LogP contribution in [-0.2, 0) is 20.9 Å². The summed E-state index contributed by atoms with van der Waals surface area (Å²) in [6.07, 6.45) is -2.33. The smallest absolute Gasteiger partial charge is 0.410 e. The van der Waals surface area contributed by atoms with Crippen LogP contribution in [0.3, 0.4) is 0 Å². The number of aromatic nitrogens is 2. The van der Waals surface area contributed by atoms with Gasteiger partial charge in [-0.15, -0.1) is 0 Å². The highest BCUT2D eigenvalue weighted by Gasteiger charge is 2.46. The molecule has 1 fully saturated rings. The third-order valence-corrected chi connectivity index (χ3v) is 8.48. The number of hydrogen-bond acceptors (Lipinski definition) is 6. The van der Waals surface area contributed by atoms with E-state index < -0.39 is 58.9 Å². The summed E-state index contributed by atoms with van der Waals surface area (Å²) in [6, 6.07) is 11.2. The maximum atomic E-state index is 15.7. The van der Waals surface area contributed by atoms with Crippen LogP contribution in [0, 0.1) is 23.0 Å². The Morgan fingerprint density at radius 2 is 1.76 bits per heavy atom. The van der Waals surface area contributed by atoms with Crippen molar-refractivity contribution in [3.05, 3.63) is 77.8 Å². The largest absolute Gasteiger partial charge is 0.444 e. The Morgan fingerprint density at radius 1 is 1.08 bits per heavy atom. The lowest BCUT2D eigenvalue weighted by molar-refractivity contribution is -0.147. The molecule has 266 valence electrons. The summed E-state index contributed by atoms with van der Waals surface area (Å²) in [5.41, 5.74) is -1.13. The minimum Gasteiger partial charge on any atom is -0.444 e. The number of carbonyl (C=O) groups excluding carboxylic acids is 3. The highest BCUT2D eigenvalue weighted by atomic mass is 19.1. The number of likely N-dealkylation sites (tertiary alicyclic amines) is 1. The van der Waals surface area contributed by atoms with Crippen LogP contribution in [0.4, 0.5) is 18.0 Å². The van der Waals surface area contributed by atoms with Gasteiger partial charge in [0, 0.05) is 56.2 Å². The molecule has 3 amide bonds. The van der Waals surface area contributed by atoms with E-state index in [2.05, 4.69) is 5.32 Å². The van der Waals surface area contributed by atoms with Crippen molar-refractivity contribution < 1.29 is 37.4 Å². The van der Waals surface area contributed by atoms with Crippen molar-refractivity contribution >= 4 is 17.9 Å². The van der Waals surface area contributed by atoms with Crippen LogP contribution in [0.2, 0.25) is 0 Å². The zero-order valence-electron chi connectivity index (χ0n) is 29.0. The molecule has 13 heteroatoms. The van der Waals surface area contributed by atoms with Crippen molar-refractivity contribution in [3.63, 3.8) is 0 Å². The van der Waals surface area contributed by atoms with Crippen LogP contribution in [0.1, 0.15) is 65.4 Å². The van der Waals surface area contributed by atoms with Gasteiger partial charge in [-0.1, -0.05) is 44.2 Å². The standard InChI is InChI=1S/C36H46F3N5O5/c1-22(45)33(47)44(19-24-18-43(20-28(24)39)34(48)49-35(2,3)4)31(36(5,6)16-30(46)40-7)32-41-29(26-15-25(37)13-14-27(26)38)21-42(32)17-23-11-9-8-10-12-23/h8-15,21-22,24,28,31,45H,16-20H2,1-7H3,(H,40,46)/t22-,24-,28-,31-/m0/s1. The Bertz CT molecular complexity index is 1640. The summed E-state index contributed by atoms with van der Waals surface area (Å²) in [4.78, 5) is 47.1. The van der Waals surface area contributed by atoms with Crippen molar-refractivity contribution in [3.8, 4) is 11.3 Å². The van der Waals surface area contributed by atoms with Crippen LogP contribution < -0.4 is 5.32 Å². The zero-order chi connectivity index (χ0) is 36.3. The van der Waals surface area contributed by atoms with E-state index in [9.17, 15) is 23.9 Å². The number of nitrogens with zero attached hydrogens (tertiary/aromatic N) is 4. The minimum atomic E-state index is -1.54. The quantitative estimate of drug-likeness (QED) is 0.276. The first-order valence-corrected chi connectivity index (χ1v) is 16.3. The van der Waals surface area contributed by atoms with Gasteiger partial charge < -0.3 is 29.5 Å². The Labute approximate surface area is 285 Å². The molecule has 1 saturated heterocycles. The number of amides is 3.